The molecule has 2 heterocycles. The molecule has 0 spiro atoms. The van der Waals surface area contributed by atoms with E-state index >= 15 is 0 Å². The van der Waals surface area contributed by atoms with E-state index < -0.39 is 12.1 Å². The Hall–Kier alpha value is -2.97. The number of aliphatic hydroxyl groups is 1. The average molecular weight is 370 g/mol. The number of aromatic nitrogens is 3. The highest BCUT2D eigenvalue weighted by Crippen LogP contribution is 2.14. The molecule has 0 saturated carbocycles. The lowest BCUT2D eigenvalue weighted by atomic mass is 10.3. The van der Waals surface area contributed by atoms with E-state index in [-0.39, 0.29) is 18.1 Å². The first-order valence-corrected chi connectivity index (χ1v) is 8.75. The predicted molar refractivity (Wildman–Crippen MR) is 99.9 cm³/mol. The number of hydrogen-bond donors (Lipinski definition) is 3. The molecule has 3 rings (SSSR count). The third-order valence-electron chi connectivity index (χ3n) is 4.07. The lowest BCUT2D eigenvalue weighted by molar-refractivity contribution is 0.0680. The maximum Gasteiger partial charge on any atom is 0.341 e. The number of pyridine rings is 1. The number of aliphatic hydroxyl groups excluding tert-OH is 1. The minimum absolute atomic E-state index is 0.0102. The quantitative estimate of drug-likeness (QED) is 0.465. The number of aromatic carboxylic acids is 1. The molecule has 142 valence electrons. The molecule has 0 saturated heterocycles. The third-order valence-corrected chi connectivity index (χ3v) is 4.07. The van der Waals surface area contributed by atoms with Crippen molar-refractivity contribution in [1.29, 1.82) is 0 Å². The second-order valence-electron chi connectivity index (χ2n) is 6.11. The zero-order chi connectivity index (χ0) is 19.1. The summed E-state index contributed by atoms with van der Waals surface area (Å²) in [7, 11) is 0. The maximum atomic E-state index is 11.1. The number of nitrogens with zero attached hydrogens (tertiary/aromatic N) is 3. The highest BCUT2D eigenvalue weighted by molar-refractivity contribution is 5.90. The van der Waals surface area contributed by atoms with Crippen molar-refractivity contribution < 1.29 is 19.7 Å². The molecule has 0 aliphatic carbocycles. The highest BCUT2D eigenvalue weighted by atomic mass is 16.5. The van der Waals surface area contributed by atoms with E-state index in [1.807, 2.05) is 30.6 Å². The number of fused-ring (bicyclic) bond motifs is 1. The van der Waals surface area contributed by atoms with Crippen LogP contribution in [0.15, 0.2) is 48.9 Å². The van der Waals surface area contributed by atoms with E-state index in [0.29, 0.717) is 6.54 Å². The fourth-order valence-corrected chi connectivity index (χ4v) is 2.73. The van der Waals surface area contributed by atoms with E-state index in [1.165, 1.54) is 18.3 Å². The molecule has 0 amide bonds. The molecule has 1 atom stereocenters. The van der Waals surface area contributed by atoms with Gasteiger partial charge in [-0.3, -0.25) is 0 Å². The second-order valence-corrected chi connectivity index (χ2v) is 6.11. The number of carbonyl (C=O) groups is 1. The average Bonchev–Trinajstić information content (AvgIpc) is 3.09. The molecule has 0 bridgehead atoms. The summed E-state index contributed by atoms with van der Waals surface area (Å²) in [4.78, 5) is 19.3. The zero-order valence-corrected chi connectivity index (χ0v) is 14.8. The SMILES string of the molecule is O=C(O)c1cccnc1OCC(O)CNCCCn1cnc2ccccc21. The Morgan fingerprint density at radius 1 is 1.22 bits per heavy atom. The van der Waals surface area contributed by atoms with Gasteiger partial charge in [0.2, 0.25) is 5.88 Å². The summed E-state index contributed by atoms with van der Waals surface area (Å²) in [5.74, 6) is -1.10. The summed E-state index contributed by atoms with van der Waals surface area (Å²) >= 11 is 0. The van der Waals surface area contributed by atoms with E-state index in [0.717, 1.165) is 30.5 Å². The van der Waals surface area contributed by atoms with Crippen molar-refractivity contribution in [2.45, 2.75) is 19.1 Å². The van der Waals surface area contributed by atoms with E-state index in [4.69, 9.17) is 9.84 Å². The van der Waals surface area contributed by atoms with Gasteiger partial charge in [-0.05, 0) is 37.2 Å². The summed E-state index contributed by atoms with van der Waals surface area (Å²) in [6.07, 6.45) is 3.41. The molecule has 0 fully saturated rings. The minimum atomic E-state index is -1.11. The zero-order valence-electron chi connectivity index (χ0n) is 14.8. The van der Waals surface area contributed by atoms with Crippen LogP contribution >= 0.6 is 0 Å². The van der Waals surface area contributed by atoms with Gasteiger partial charge in [0.15, 0.2) is 0 Å². The molecule has 0 aliphatic heterocycles. The molecule has 3 aromatic rings. The number of rotatable bonds is 10. The number of hydrogen-bond acceptors (Lipinski definition) is 6. The number of nitrogens with one attached hydrogen (secondary N) is 1. The van der Waals surface area contributed by atoms with Crippen LogP contribution in [-0.2, 0) is 6.54 Å². The number of ether oxygens (including phenoxy) is 1. The van der Waals surface area contributed by atoms with Crippen LogP contribution in [-0.4, -0.2) is 56.5 Å². The first-order valence-electron chi connectivity index (χ1n) is 8.75. The lowest BCUT2D eigenvalue weighted by Gasteiger charge is -2.14. The Morgan fingerprint density at radius 2 is 2.07 bits per heavy atom. The smallest absolute Gasteiger partial charge is 0.341 e. The van der Waals surface area contributed by atoms with Crippen LogP contribution in [0.1, 0.15) is 16.8 Å². The van der Waals surface area contributed by atoms with Crippen LogP contribution in [0.5, 0.6) is 5.88 Å². The van der Waals surface area contributed by atoms with Gasteiger partial charge >= 0.3 is 5.97 Å². The van der Waals surface area contributed by atoms with Gasteiger partial charge in [0.1, 0.15) is 18.3 Å². The Labute approximate surface area is 156 Å². The number of benzene rings is 1. The van der Waals surface area contributed by atoms with Crippen LogP contribution in [0.4, 0.5) is 0 Å². The highest BCUT2D eigenvalue weighted by Gasteiger charge is 2.13. The van der Waals surface area contributed by atoms with Gasteiger partial charge in [-0.1, -0.05) is 12.1 Å². The van der Waals surface area contributed by atoms with Gasteiger partial charge in [0.25, 0.3) is 0 Å². The van der Waals surface area contributed by atoms with Crippen molar-refractivity contribution in [2.75, 3.05) is 19.7 Å². The monoisotopic (exact) mass is 370 g/mol. The van der Waals surface area contributed by atoms with Gasteiger partial charge in [-0.2, -0.15) is 0 Å². The van der Waals surface area contributed by atoms with E-state index in [9.17, 15) is 9.90 Å². The third kappa shape index (κ3) is 5.02. The van der Waals surface area contributed by atoms with Crippen LogP contribution in [0, 0.1) is 0 Å². The second kappa shape index (κ2) is 9.11. The topological polar surface area (TPSA) is 110 Å². The fraction of sp³-hybridized carbons (Fsp3) is 0.316. The van der Waals surface area contributed by atoms with Gasteiger partial charge in [-0.15, -0.1) is 0 Å². The van der Waals surface area contributed by atoms with Crippen LogP contribution in [0.25, 0.3) is 11.0 Å². The lowest BCUT2D eigenvalue weighted by Crippen LogP contribution is -2.32. The van der Waals surface area contributed by atoms with Crippen LogP contribution in [0.3, 0.4) is 0 Å². The molecule has 0 radical (unpaired) electrons. The van der Waals surface area contributed by atoms with Crippen LogP contribution in [0.2, 0.25) is 0 Å². The maximum absolute atomic E-state index is 11.1. The van der Waals surface area contributed by atoms with E-state index in [1.54, 1.807) is 0 Å². The molecule has 1 unspecified atom stereocenters. The molecular formula is C19H22N4O4. The van der Waals surface area contributed by atoms with Crippen molar-refractivity contribution in [3.63, 3.8) is 0 Å². The molecule has 27 heavy (non-hydrogen) atoms. The molecule has 3 N–H and O–H groups in total. The summed E-state index contributed by atoms with van der Waals surface area (Å²) in [6, 6.07) is 10.9. The van der Waals surface area contributed by atoms with Crippen molar-refractivity contribution in [1.82, 2.24) is 19.9 Å². The first kappa shape index (κ1) is 18.8. The van der Waals surface area contributed by atoms with Gasteiger partial charge < -0.3 is 24.8 Å². The molecule has 2 aromatic heterocycles. The summed E-state index contributed by atoms with van der Waals surface area (Å²) in [6.45, 7) is 1.87. The number of imidazole rings is 1. The first-order chi connectivity index (χ1) is 13.1. The largest absolute Gasteiger partial charge is 0.477 e. The van der Waals surface area contributed by atoms with Gasteiger partial charge in [0.05, 0.1) is 17.4 Å². The fourth-order valence-electron chi connectivity index (χ4n) is 2.73. The van der Waals surface area contributed by atoms with Crippen molar-refractivity contribution in [3.8, 4) is 5.88 Å². The summed E-state index contributed by atoms with van der Waals surface area (Å²) in [5, 5.41) is 22.2. The van der Waals surface area contributed by atoms with E-state index in [2.05, 4.69) is 19.9 Å². The number of para-hydroxylation sites is 2. The van der Waals surface area contributed by atoms with Gasteiger partial charge in [0, 0.05) is 19.3 Å². The number of carboxylic acids is 1. The van der Waals surface area contributed by atoms with Crippen molar-refractivity contribution >= 4 is 17.0 Å². The molecule has 8 nitrogen and oxygen atoms in total. The molecule has 1 aromatic carbocycles. The normalized spacial score (nSPS) is 12.2. The van der Waals surface area contributed by atoms with Crippen molar-refractivity contribution in [2.24, 2.45) is 0 Å². The Bertz CT molecular complexity index is 896. The Balaban J connectivity index is 1.36. The standard InChI is InChI=1S/C19H22N4O4/c24-14(12-27-18-15(19(25)26)5-3-9-21-18)11-20-8-4-10-23-13-22-16-6-1-2-7-17(16)23/h1-3,5-7,9,13-14,20,24H,4,8,10-12H2,(H,25,26). The van der Waals surface area contributed by atoms with Crippen molar-refractivity contribution in [3.05, 3.63) is 54.5 Å². The predicted octanol–water partition coefficient (Wildman–Crippen LogP) is 1.55. The Morgan fingerprint density at radius 3 is 2.93 bits per heavy atom. The Kier molecular flexibility index (Phi) is 6.35. The molecular weight excluding hydrogens is 348 g/mol. The number of aryl methyl sites for hydroxylation is 1. The minimum Gasteiger partial charge on any atom is -0.477 e. The molecule has 0 aliphatic rings. The number of carboxylic acid groups (broad SMARTS) is 1. The van der Waals surface area contributed by atoms with Gasteiger partial charge in [-0.25, -0.2) is 14.8 Å². The van der Waals surface area contributed by atoms with Crippen LogP contribution < -0.4 is 10.1 Å². The molecule has 8 heteroatoms. The summed E-state index contributed by atoms with van der Waals surface area (Å²) in [5.41, 5.74) is 2.06. The summed E-state index contributed by atoms with van der Waals surface area (Å²) < 4.78 is 7.43.